The van der Waals surface area contributed by atoms with Crippen LogP contribution in [0, 0.1) is 0 Å². The lowest BCUT2D eigenvalue weighted by Gasteiger charge is -2.29. The lowest BCUT2D eigenvalue weighted by molar-refractivity contribution is 0.0380. The van der Waals surface area contributed by atoms with E-state index in [1.165, 1.54) is 11.9 Å². The maximum absolute atomic E-state index is 12.7. The second-order valence-electron chi connectivity index (χ2n) is 7.80. The normalized spacial score (nSPS) is 16.3. The van der Waals surface area contributed by atoms with E-state index in [1.807, 2.05) is 24.3 Å². The van der Waals surface area contributed by atoms with Gasteiger partial charge in [0.1, 0.15) is 0 Å². The van der Waals surface area contributed by atoms with Gasteiger partial charge >= 0.3 is 6.09 Å². The molecule has 0 saturated heterocycles. The van der Waals surface area contributed by atoms with Crippen molar-refractivity contribution in [2.45, 2.75) is 44.6 Å². The van der Waals surface area contributed by atoms with Gasteiger partial charge in [-0.1, -0.05) is 29.8 Å². The van der Waals surface area contributed by atoms with Crippen molar-refractivity contribution in [1.82, 2.24) is 15.5 Å². The van der Waals surface area contributed by atoms with Gasteiger partial charge in [-0.15, -0.1) is 0 Å². The monoisotopic (exact) mass is 464 g/mol. The molecule has 0 aromatic heterocycles. The predicted molar refractivity (Wildman–Crippen MR) is 125 cm³/mol. The summed E-state index contributed by atoms with van der Waals surface area (Å²) < 4.78 is 5.00. The number of amides is 2. The Morgan fingerprint density at radius 1 is 1.25 bits per heavy atom. The molecule has 9 heteroatoms. The topological polar surface area (TPSA) is 117 Å². The van der Waals surface area contributed by atoms with Gasteiger partial charge in [0.2, 0.25) is 0 Å². The Kier molecular flexibility index (Phi) is 10.2. The molecule has 0 saturated carbocycles. The number of likely N-dealkylation sites (N-methyl/N-ethyl adjacent to an activating group) is 1. The summed E-state index contributed by atoms with van der Waals surface area (Å²) in [7, 11) is 3.06. The fourth-order valence-electron chi connectivity index (χ4n) is 3.21. The Morgan fingerprint density at radius 3 is 2.53 bits per heavy atom. The van der Waals surface area contributed by atoms with Crippen LogP contribution in [-0.4, -0.2) is 67.6 Å². The van der Waals surface area contributed by atoms with Crippen LogP contribution in [0.15, 0.2) is 47.0 Å². The van der Waals surface area contributed by atoms with E-state index in [0.29, 0.717) is 18.7 Å². The maximum atomic E-state index is 12.7. The third-order valence-electron chi connectivity index (χ3n) is 5.54. The fourth-order valence-corrected chi connectivity index (χ4v) is 3.37. The van der Waals surface area contributed by atoms with E-state index in [4.69, 9.17) is 22.1 Å². The molecule has 0 heterocycles. The number of ether oxygens (including phenoxy) is 1. The van der Waals surface area contributed by atoms with Crippen LogP contribution in [0.4, 0.5) is 4.79 Å². The second-order valence-corrected chi connectivity index (χ2v) is 8.28. The zero-order valence-corrected chi connectivity index (χ0v) is 19.6. The van der Waals surface area contributed by atoms with Crippen molar-refractivity contribution in [2.75, 3.05) is 27.2 Å². The van der Waals surface area contributed by atoms with Crippen molar-refractivity contribution >= 4 is 23.6 Å². The summed E-state index contributed by atoms with van der Waals surface area (Å²) in [6.45, 7) is 2.90. The quantitative estimate of drug-likeness (QED) is 0.311. The molecule has 0 fully saturated rings. The number of hydrogen-bond donors (Lipinski definition) is 4. The highest BCUT2D eigenvalue weighted by molar-refractivity contribution is 6.29. The average Bonchev–Trinajstić information content (AvgIpc) is 2.80. The number of nitrogens with two attached hydrogens (primary N) is 1. The minimum Gasteiger partial charge on any atom is -0.428 e. The highest BCUT2D eigenvalue weighted by Gasteiger charge is 2.25. The van der Waals surface area contributed by atoms with Crippen LogP contribution in [0.5, 0.6) is 0 Å². The summed E-state index contributed by atoms with van der Waals surface area (Å²) in [4.78, 5) is 25.5. The van der Waals surface area contributed by atoms with Gasteiger partial charge in [0.15, 0.2) is 6.23 Å². The van der Waals surface area contributed by atoms with Gasteiger partial charge in [-0.2, -0.15) is 0 Å². The number of carbonyl (C=O) groups excluding carboxylic acids is 2. The number of carbonyl (C=O) groups is 2. The first-order valence-corrected chi connectivity index (χ1v) is 11.0. The number of allylic oxidation sites excluding steroid dienone is 3. The Bertz CT molecular complexity index is 841. The van der Waals surface area contributed by atoms with E-state index >= 15 is 0 Å². The molecule has 176 valence electrons. The number of aliphatic hydroxyl groups is 1. The molecule has 3 atom stereocenters. The fraction of sp³-hybridized carbons (Fsp3) is 0.478. The molecule has 5 N–H and O–H groups in total. The van der Waals surface area contributed by atoms with Gasteiger partial charge in [0.05, 0.1) is 12.1 Å². The molecule has 1 aliphatic rings. The van der Waals surface area contributed by atoms with Gasteiger partial charge < -0.3 is 25.4 Å². The van der Waals surface area contributed by atoms with Crippen molar-refractivity contribution in [2.24, 2.45) is 5.73 Å². The highest BCUT2D eigenvalue weighted by atomic mass is 35.5. The first-order chi connectivity index (χ1) is 15.2. The van der Waals surface area contributed by atoms with Crippen molar-refractivity contribution in [3.8, 4) is 0 Å². The molecule has 0 bridgehead atoms. The zero-order chi connectivity index (χ0) is 23.7. The summed E-state index contributed by atoms with van der Waals surface area (Å²) in [5.74, 6) is -0.212. The molecule has 8 nitrogen and oxygen atoms in total. The van der Waals surface area contributed by atoms with Crippen LogP contribution in [0.1, 0.15) is 35.7 Å². The molecule has 1 aliphatic carbocycles. The van der Waals surface area contributed by atoms with Gasteiger partial charge in [0, 0.05) is 31.2 Å². The third-order valence-corrected chi connectivity index (χ3v) is 5.86. The Balaban J connectivity index is 1.79. The predicted octanol–water partition coefficient (Wildman–Crippen LogP) is 2.12. The number of hydrogen-bond acceptors (Lipinski definition) is 6. The number of alkyl carbamates (subject to hydrolysis) is 1. The molecule has 2 rings (SSSR count). The third kappa shape index (κ3) is 7.63. The summed E-state index contributed by atoms with van der Waals surface area (Å²) in [5, 5.41) is 16.7. The van der Waals surface area contributed by atoms with Crippen LogP contribution in [0.2, 0.25) is 0 Å². The minimum atomic E-state index is -0.943. The SMILES string of the molecule is CNC(=O)OC(N)C(C)N(C)C(=O)c1ccc(CCNCC(O)C2=CC=C(Cl)CC2)cc1. The largest absolute Gasteiger partial charge is 0.428 e. The smallest absolute Gasteiger partial charge is 0.408 e. The lowest BCUT2D eigenvalue weighted by atomic mass is 9.99. The summed E-state index contributed by atoms with van der Waals surface area (Å²) in [5.41, 5.74) is 8.45. The number of halogens is 1. The van der Waals surface area contributed by atoms with E-state index in [-0.39, 0.29) is 5.91 Å². The van der Waals surface area contributed by atoms with Crippen LogP contribution in [-0.2, 0) is 11.2 Å². The van der Waals surface area contributed by atoms with Crippen molar-refractivity contribution in [1.29, 1.82) is 0 Å². The highest BCUT2D eigenvalue weighted by Crippen LogP contribution is 2.22. The van der Waals surface area contributed by atoms with E-state index in [2.05, 4.69) is 10.6 Å². The molecular formula is C23H33ClN4O4. The molecular weight excluding hydrogens is 432 g/mol. The first kappa shape index (κ1) is 25.9. The van der Waals surface area contributed by atoms with Crippen LogP contribution >= 0.6 is 11.6 Å². The minimum absolute atomic E-state index is 0.212. The standard InChI is InChI=1S/C23H33ClN4O4/c1-15(21(25)32-23(31)26-2)28(3)22(30)18-6-4-16(5-7-18)12-13-27-14-20(29)17-8-10-19(24)11-9-17/h4-8,10,15,20-21,27,29H,9,11-14,25H2,1-3H3,(H,26,31). The second kappa shape index (κ2) is 12.6. The molecule has 32 heavy (non-hydrogen) atoms. The Hall–Kier alpha value is -2.39. The maximum Gasteiger partial charge on any atom is 0.408 e. The van der Waals surface area contributed by atoms with Gasteiger partial charge in [-0.25, -0.2) is 4.79 Å². The number of benzene rings is 1. The van der Waals surface area contributed by atoms with Crippen molar-refractivity contribution in [3.63, 3.8) is 0 Å². The van der Waals surface area contributed by atoms with Crippen LogP contribution in [0.25, 0.3) is 0 Å². The molecule has 2 amide bonds. The molecule has 1 aromatic carbocycles. The molecule has 1 aromatic rings. The zero-order valence-electron chi connectivity index (χ0n) is 18.8. The first-order valence-electron chi connectivity index (χ1n) is 10.7. The lowest BCUT2D eigenvalue weighted by Crippen LogP contribution is -2.49. The van der Waals surface area contributed by atoms with Gasteiger partial charge in [-0.3, -0.25) is 10.5 Å². The number of nitrogens with zero attached hydrogens (tertiary/aromatic N) is 1. The van der Waals surface area contributed by atoms with Gasteiger partial charge in [0.25, 0.3) is 5.91 Å². The number of nitrogens with one attached hydrogen (secondary N) is 2. The number of aliphatic hydroxyl groups excluding tert-OH is 1. The van der Waals surface area contributed by atoms with Crippen LogP contribution in [0.3, 0.4) is 0 Å². The molecule has 0 radical (unpaired) electrons. The van der Waals surface area contributed by atoms with Crippen molar-refractivity contribution in [3.05, 3.63) is 58.1 Å². The summed E-state index contributed by atoms with van der Waals surface area (Å²) in [6.07, 6.45) is 3.95. The van der Waals surface area contributed by atoms with E-state index in [0.717, 1.165) is 35.4 Å². The Labute approximate surface area is 194 Å². The van der Waals surface area contributed by atoms with E-state index < -0.39 is 24.5 Å². The summed E-state index contributed by atoms with van der Waals surface area (Å²) >= 11 is 5.95. The molecule has 0 spiro atoms. The summed E-state index contributed by atoms with van der Waals surface area (Å²) in [6, 6.07) is 6.84. The van der Waals surface area contributed by atoms with E-state index in [1.54, 1.807) is 26.1 Å². The Morgan fingerprint density at radius 2 is 1.94 bits per heavy atom. The molecule has 0 aliphatic heterocycles. The van der Waals surface area contributed by atoms with E-state index in [9.17, 15) is 14.7 Å². The average molecular weight is 465 g/mol. The van der Waals surface area contributed by atoms with Crippen LogP contribution < -0.4 is 16.4 Å². The van der Waals surface area contributed by atoms with Gasteiger partial charge in [-0.05, 0) is 62.1 Å². The number of rotatable bonds is 10. The van der Waals surface area contributed by atoms with Crippen molar-refractivity contribution < 1.29 is 19.4 Å². The molecule has 3 unspecified atom stereocenters.